The van der Waals surface area contributed by atoms with Crippen molar-refractivity contribution in [2.24, 2.45) is 76.9 Å². The van der Waals surface area contributed by atoms with E-state index in [0.29, 0.717) is 0 Å². The SMILES string of the molecule is CCC1OC2O[C@H]3C(CC)O[C@@H](O[C@H]4C(CC)OC(O[C@H]5C(CC)OC(O[C@H]6C(CC)O[C@@H](O[C@H]7C(CC)O[C@@H](O[C@H]8C(CC)O[C@@H](O[C@H]1C[C@H]2C)C(C)[C@H]8C)C(C)[C@H]7C)C(C)[C@H]6C)[C@H](C)[C@H]5C)[C@H](C)[C@H]4C)C(C)[C@H]3C. The van der Waals surface area contributed by atoms with E-state index < -0.39 is 44.0 Å². The molecule has 21 heterocycles. The van der Waals surface area contributed by atoms with Crippen molar-refractivity contribution < 1.29 is 66.3 Å². The highest BCUT2D eigenvalue weighted by molar-refractivity contribution is 4.97. The summed E-state index contributed by atoms with van der Waals surface area (Å²) in [5, 5.41) is 0. The summed E-state index contributed by atoms with van der Waals surface area (Å²) in [5.74, 6) is 1.34. The Balaban J connectivity index is 1.07. The molecule has 21 rings (SSSR count). The molecule has 14 heteroatoms. The van der Waals surface area contributed by atoms with Crippen LogP contribution < -0.4 is 0 Å². The average Bonchev–Trinajstić information content (AvgIpc) is 3.42. The van der Waals surface area contributed by atoms with Gasteiger partial charge in [0.15, 0.2) is 44.0 Å². The maximum atomic E-state index is 7.18. The molecule has 14 bridgehead atoms. The van der Waals surface area contributed by atoms with Gasteiger partial charge in [0.25, 0.3) is 0 Å². The number of ether oxygens (including phenoxy) is 14. The summed E-state index contributed by atoms with van der Waals surface area (Å²) in [4.78, 5) is 0. The molecule has 0 radical (unpaired) electrons. The monoisotopic (exact) mass is 1080 g/mol. The minimum atomic E-state index is -0.414. The minimum Gasteiger partial charge on any atom is -0.346 e. The van der Waals surface area contributed by atoms with Gasteiger partial charge in [0, 0.05) is 41.4 Å². The van der Waals surface area contributed by atoms with Crippen molar-refractivity contribution in [1.29, 1.82) is 0 Å². The lowest BCUT2D eigenvalue weighted by Crippen LogP contribution is -2.60. The fraction of sp³-hybridized carbons (Fsp3) is 1.00. The normalized spacial score (nSPS) is 54.9. The Morgan fingerprint density at radius 2 is 0.395 bits per heavy atom. The molecule has 14 nitrogen and oxygen atoms in total. The van der Waals surface area contributed by atoms with Crippen LogP contribution in [0.1, 0.15) is 190 Å². The van der Waals surface area contributed by atoms with Crippen LogP contribution in [0.25, 0.3) is 0 Å². The molecule has 0 spiro atoms. The molecular formula is C62H110O14. The Labute approximate surface area is 461 Å². The molecule has 34 atom stereocenters. The minimum absolute atomic E-state index is 0.0588. The average molecular weight is 1080 g/mol. The topological polar surface area (TPSA) is 129 Å². The Hall–Kier alpha value is -0.560. The Kier molecular flexibility index (Phi) is 21.3. The van der Waals surface area contributed by atoms with Crippen LogP contribution >= 0.6 is 0 Å². The van der Waals surface area contributed by atoms with Crippen molar-refractivity contribution in [2.75, 3.05) is 0 Å². The highest BCUT2D eigenvalue weighted by atomic mass is 16.8. The maximum absolute atomic E-state index is 7.18. The summed E-state index contributed by atoms with van der Waals surface area (Å²) in [6, 6.07) is 0. The molecule has 0 aliphatic carbocycles. The van der Waals surface area contributed by atoms with Crippen LogP contribution in [0.2, 0.25) is 0 Å². The maximum Gasteiger partial charge on any atom is 0.161 e. The molecule has 0 amide bonds. The van der Waals surface area contributed by atoms with Crippen molar-refractivity contribution in [3.05, 3.63) is 0 Å². The largest absolute Gasteiger partial charge is 0.346 e. The first-order valence-corrected chi connectivity index (χ1v) is 31.4. The lowest BCUT2D eigenvalue weighted by atomic mass is 9.80. The highest BCUT2D eigenvalue weighted by Gasteiger charge is 2.55. The fourth-order valence-electron chi connectivity index (χ4n) is 14.5. The number of hydrogen-bond donors (Lipinski definition) is 0. The fourth-order valence-corrected chi connectivity index (χ4v) is 14.5. The van der Waals surface area contributed by atoms with Gasteiger partial charge in [-0.1, -0.05) is 138 Å². The molecule has 21 saturated heterocycles. The van der Waals surface area contributed by atoms with Crippen LogP contribution in [0.5, 0.6) is 0 Å². The second-order valence-electron chi connectivity index (χ2n) is 26.0. The number of rotatable bonds is 7. The second kappa shape index (κ2) is 26.3. The third-order valence-electron chi connectivity index (χ3n) is 21.4. The summed E-state index contributed by atoms with van der Waals surface area (Å²) >= 11 is 0. The first-order chi connectivity index (χ1) is 36.2. The van der Waals surface area contributed by atoms with E-state index in [9.17, 15) is 0 Å². The van der Waals surface area contributed by atoms with Gasteiger partial charge in [0.1, 0.15) is 0 Å². The molecule has 0 aromatic carbocycles. The van der Waals surface area contributed by atoms with Gasteiger partial charge >= 0.3 is 0 Å². The van der Waals surface area contributed by atoms with E-state index in [1.807, 2.05) is 0 Å². The van der Waals surface area contributed by atoms with Gasteiger partial charge in [-0.25, -0.2) is 0 Å². The summed E-state index contributed by atoms with van der Waals surface area (Å²) in [7, 11) is 0. The van der Waals surface area contributed by atoms with E-state index in [0.717, 1.165) is 51.4 Å². The molecule has 14 unspecified atom stereocenters. The van der Waals surface area contributed by atoms with Gasteiger partial charge < -0.3 is 66.3 Å². The van der Waals surface area contributed by atoms with Crippen LogP contribution in [-0.2, 0) is 66.3 Å². The van der Waals surface area contributed by atoms with Gasteiger partial charge in [-0.2, -0.15) is 0 Å². The van der Waals surface area contributed by atoms with E-state index in [1.165, 1.54) is 0 Å². The van der Waals surface area contributed by atoms with Crippen LogP contribution in [-0.4, -0.2) is 129 Å². The molecular weight excluding hydrogens is 969 g/mol. The van der Waals surface area contributed by atoms with Gasteiger partial charge in [-0.05, 0) is 86.9 Å². The summed E-state index contributed by atoms with van der Waals surface area (Å²) in [6.45, 7) is 44.8. The van der Waals surface area contributed by atoms with Crippen LogP contribution in [0.15, 0.2) is 0 Å². The molecule has 21 aliphatic rings. The van der Waals surface area contributed by atoms with Crippen LogP contribution in [0, 0.1) is 76.9 Å². The zero-order chi connectivity index (χ0) is 55.2. The van der Waals surface area contributed by atoms with Crippen LogP contribution in [0.3, 0.4) is 0 Å². The second-order valence-corrected chi connectivity index (χ2v) is 26.0. The first-order valence-electron chi connectivity index (χ1n) is 31.4. The molecule has 21 aliphatic heterocycles. The van der Waals surface area contributed by atoms with E-state index in [4.69, 9.17) is 66.3 Å². The van der Waals surface area contributed by atoms with Gasteiger partial charge in [-0.15, -0.1) is 0 Å². The van der Waals surface area contributed by atoms with Crippen molar-refractivity contribution >= 4 is 0 Å². The standard InChI is InChI=1S/C62H110O14/c1-21-42-49-28-29(8)56(63-42)71-50-31(10)37(16)58(65-43(50)22-2)73-52-33(12)39(18)60(67-45(52)24-4)75-54-35(14)41(20)62(69-47(54)26-6)76-55-34(13)40(19)61(68-48(55)27-7)74-53-32(11)38(17)59(66-46(53)25-5)72-51-30(9)36(15)57(70-49)64-44(51)23-3/h29-62H,21-28H2,1-20H3/t29-,30-,31-,32-,33-,34-,35-,36?,37?,38?,39-,40?,41-,42?,43?,44?,45?,46?,47?,48?,49+,50-,51-,52-,53-,54-,55-,56?,57+,58+,59+,60?,61+,62?/m1/s1. The quantitative estimate of drug-likeness (QED) is 0.240. The predicted octanol–water partition coefficient (Wildman–Crippen LogP) is 12.3. The Morgan fingerprint density at radius 1 is 0.211 bits per heavy atom. The third kappa shape index (κ3) is 12.2. The van der Waals surface area contributed by atoms with E-state index in [2.05, 4.69) is 138 Å². The van der Waals surface area contributed by atoms with Gasteiger partial charge in [-0.3, -0.25) is 0 Å². The summed E-state index contributed by atoms with van der Waals surface area (Å²) in [5.41, 5.74) is 0. The van der Waals surface area contributed by atoms with Gasteiger partial charge in [0.05, 0.1) is 85.5 Å². The Morgan fingerprint density at radius 3 is 0.605 bits per heavy atom. The van der Waals surface area contributed by atoms with Crippen LogP contribution in [0.4, 0.5) is 0 Å². The zero-order valence-corrected chi connectivity index (χ0v) is 51.0. The highest BCUT2D eigenvalue weighted by Crippen LogP contribution is 2.47. The zero-order valence-electron chi connectivity index (χ0n) is 51.0. The Bertz CT molecular complexity index is 1760. The third-order valence-corrected chi connectivity index (χ3v) is 21.4. The first kappa shape index (κ1) is 61.5. The molecule has 0 aromatic rings. The molecule has 76 heavy (non-hydrogen) atoms. The molecule has 0 aromatic heterocycles. The lowest BCUT2D eigenvalue weighted by molar-refractivity contribution is -0.368. The molecule has 21 fully saturated rings. The summed E-state index contributed by atoms with van der Waals surface area (Å²) < 4.78 is 99.0. The van der Waals surface area contributed by atoms with Crippen molar-refractivity contribution in [3.63, 3.8) is 0 Å². The molecule has 0 saturated carbocycles. The van der Waals surface area contributed by atoms with E-state index in [-0.39, 0.29) is 162 Å². The van der Waals surface area contributed by atoms with Crippen molar-refractivity contribution in [2.45, 2.75) is 319 Å². The van der Waals surface area contributed by atoms with Gasteiger partial charge in [0.2, 0.25) is 0 Å². The van der Waals surface area contributed by atoms with Crippen molar-refractivity contribution in [1.82, 2.24) is 0 Å². The smallest absolute Gasteiger partial charge is 0.161 e. The molecule has 442 valence electrons. The molecule has 0 N–H and O–H groups in total. The predicted molar refractivity (Wildman–Crippen MR) is 291 cm³/mol. The van der Waals surface area contributed by atoms with E-state index >= 15 is 0 Å². The van der Waals surface area contributed by atoms with Crippen molar-refractivity contribution in [3.8, 4) is 0 Å². The lowest BCUT2D eigenvalue weighted by Gasteiger charge is -2.52. The number of hydrogen-bond acceptors (Lipinski definition) is 14. The summed E-state index contributed by atoms with van der Waals surface area (Å²) in [6.07, 6.45) is 1.18. The van der Waals surface area contributed by atoms with E-state index in [1.54, 1.807) is 0 Å².